The van der Waals surface area contributed by atoms with Crippen LogP contribution in [0.4, 0.5) is 0 Å². The number of carbonyl (C=O) groups is 1. The molecule has 1 aromatic carbocycles. The van der Waals surface area contributed by atoms with Gasteiger partial charge in [-0.2, -0.15) is 0 Å². The van der Waals surface area contributed by atoms with Crippen LogP contribution in [0.2, 0.25) is 0 Å². The molecule has 3 heterocycles. The fraction of sp³-hybridized carbons (Fsp3) is 0.412. The van der Waals surface area contributed by atoms with E-state index >= 15 is 0 Å². The molecule has 0 unspecified atom stereocenters. The van der Waals surface area contributed by atoms with Gasteiger partial charge in [0.15, 0.2) is 9.84 Å². The highest BCUT2D eigenvalue weighted by Crippen LogP contribution is 2.18. The molecule has 1 aliphatic rings. The summed E-state index contributed by atoms with van der Waals surface area (Å²) in [7, 11) is -3.06. The van der Waals surface area contributed by atoms with Gasteiger partial charge < -0.3 is 9.88 Å². The summed E-state index contributed by atoms with van der Waals surface area (Å²) in [6.07, 6.45) is 1.55. The Balaban J connectivity index is 1.76. The minimum atomic E-state index is -3.06. The average Bonchev–Trinajstić information content (AvgIpc) is 3.06. The van der Waals surface area contributed by atoms with Crippen molar-refractivity contribution in [2.24, 2.45) is 0 Å². The van der Waals surface area contributed by atoms with E-state index < -0.39 is 9.84 Å². The van der Waals surface area contributed by atoms with Crippen LogP contribution >= 0.6 is 0 Å². The van der Waals surface area contributed by atoms with E-state index in [9.17, 15) is 18.0 Å². The van der Waals surface area contributed by atoms with Crippen molar-refractivity contribution in [2.75, 3.05) is 24.6 Å². The molecule has 1 N–H and O–H groups in total. The number of rotatable bonds is 3. The molecule has 0 spiro atoms. The molecule has 27 heavy (non-hydrogen) atoms. The second-order valence-electron chi connectivity index (χ2n) is 6.66. The molecule has 1 aliphatic heterocycles. The summed E-state index contributed by atoms with van der Waals surface area (Å²) in [5.74, 6) is 0.407. The van der Waals surface area contributed by atoms with Crippen molar-refractivity contribution in [1.82, 2.24) is 24.5 Å². The molecule has 3 aromatic rings. The Morgan fingerprint density at radius 1 is 1.22 bits per heavy atom. The molecule has 0 atom stereocenters. The number of aromatic nitrogens is 4. The van der Waals surface area contributed by atoms with Gasteiger partial charge in [-0.1, -0.05) is 6.92 Å². The standard InChI is InChI=1S/C17H19N5O4S/c1-2-3-14-19-20-15-16(23)18-12-10-11(4-5-13(12)22(14)15)17(24)21-6-8-27(25,26)9-7-21/h4-5,10H,2-3,6-9H2,1H3,(H,18,23). The second-order valence-corrected chi connectivity index (χ2v) is 8.96. The Kier molecular flexibility index (Phi) is 4.22. The van der Waals surface area contributed by atoms with E-state index in [0.29, 0.717) is 23.3 Å². The lowest BCUT2D eigenvalue weighted by Crippen LogP contribution is -2.43. The number of benzene rings is 1. The van der Waals surface area contributed by atoms with Crippen LogP contribution < -0.4 is 5.56 Å². The molecule has 0 bridgehead atoms. The highest BCUT2D eigenvalue weighted by atomic mass is 32.2. The number of hydrogen-bond donors (Lipinski definition) is 1. The zero-order valence-electron chi connectivity index (χ0n) is 14.8. The van der Waals surface area contributed by atoms with Gasteiger partial charge in [-0.15, -0.1) is 10.2 Å². The van der Waals surface area contributed by atoms with Gasteiger partial charge >= 0.3 is 0 Å². The van der Waals surface area contributed by atoms with E-state index in [1.807, 2.05) is 6.92 Å². The van der Waals surface area contributed by atoms with Crippen LogP contribution in [0.5, 0.6) is 0 Å². The quantitative estimate of drug-likeness (QED) is 0.693. The van der Waals surface area contributed by atoms with Crippen molar-refractivity contribution < 1.29 is 13.2 Å². The molecule has 0 aliphatic carbocycles. The fourth-order valence-corrected chi connectivity index (χ4v) is 4.54. The van der Waals surface area contributed by atoms with Gasteiger partial charge in [0.05, 0.1) is 22.5 Å². The van der Waals surface area contributed by atoms with Crippen molar-refractivity contribution in [1.29, 1.82) is 0 Å². The average molecular weight is 389 g/mol. The normalized spacial score (nSPS) is 16.9. The number of sulfone groups is 1. The second kappa shape index (κ2) is 6.45. The number of aryl methyl sites for hydroxylation is 1. The Morgan fingerprint density at radius 2 is 1.96 bits per heavy atom. The number of carbonyl (C=O) groups excluding carboxylic acids is 1. The van der Waals surface area contributed by atoms with Crippen LogP contribution in [-0.2, 0) is 16.3 Å². The first-order valence-corrected chi connectivity index (χ1v) is 10.6. The van der Waals surface area contributed by atoms with Gasteiger partial charge in [0.25, 0.3) is 11.5 Å². The smallest absolute Gasteiger partial charge is 0.294 e. The zero-order valence-corrected chi connectivity index (χ0v) is 15.6. The van der Waals surface area contributed by atoms with E-state index in [1.165, 1.54) is 4.90 Å². The molecule has 10 heteroatoms. The summed E-state index contributed by atoms with van der Waals surface area (Å²) in [6.45, 7) is 2.38. The first-order valence-electron chi connectivity index (χ1n) is 8.79. The van der Waals surface area contributed by atoms with Gasteiger partial charge in [-0.25, -0.2) is 8.42 Å². The number of hydrogen-bond acceptors (Lipinski definition) is 6. The lowest BCUT2D eigenvalue weighted by molar-refractivity contribution is 0.0770. The summed E-state index contributed by atoms with van der Waals surface area (Å²) in [4.78, 5) is 29.3. The predicted molar refractivity (Wildman–Crippen MR) is 99.7 cm³/mol. The highest BCUT2D eigenvalue weighted by molar-refractivity contribution is 7.91. The largest absolute Gasteiger partial charge is 0.337 e. The third-order valence-electron chi connectivity index (χ3n) is 4.77. The number of amides is 1. The first kappa shape index (κ1) is 17.7. The number of nitrogens with zero attached hydrogens (tertiary/aromatic N) is 4. The number of H-pyrrole nitrogens is 1. The van der Waals surface area contributed by atoms with E-state index in [-0.39, 0.29) is 41.7 Å². The van der Waals surface area contributed by atoms with Crippen LogP contribution in [0.3, 0.4) is 0 Å². The van der Waals surface area contributed by atoms with Crippen LogP contribution in [0, 0.1) is 0 Å². The third-order valence-corrected chi connectivity index (χ3v) is 6.38. The van der Waals surface area contributed by atoms with Gasteiger partial charge in [0.1, 0.15) is 5.82 Å². The lowest BCUT2D eigenvalue weighted by atomic mass is 10.1. The summed E-state index contributed by atoms with van der Waals surface area (Å²) in [6, 6.07) is 5.06. The molecular weight excluding hydrogens is 370 g/mol. The van der Waals surface area contributed by atoms with E-state index in [1.54, 1.807) is 22.6 Å². The van der Waals surface area contributed by atoms with Crippen LogP contribution in [-0.4, -0.2) is 63.4 Å². The molecule has 9 nitrogen and oxygen atoms in total. The highest BCUT2D eigenvalue weighted by Gasteiger charge is 2.26. The molecular formula is C17H19N5O4S. The molecule has 0 saturated carbocycles. The maximum absolute atomic E-state index is 12.7. The van der Waals surface area contributed by atoms with E-state index in [2.05, 4.69) is 15.2 Å². The van der Waals surface area contributed by atoms with Crippen molar-refractivity contribution in [2.45, 2.75) is 19.8 Å². The number of nitrogens with one attached hydrogen (secondary N) is 1. The molecule has 2 aromatic heterocycles. The lowest BCUT2D eigenvalue weighted by Gasteiger charge is -2.26. The SMILES string of the molecule is CCCc1nnc2c(=O)[nH]c3cc(C(=O)N4CCS(=O)(=O)CC4)ccc3n12. The van der Waals surface area contributed by atoms with Gasteiger partial charge in [0.2, 0.25) is 5.65 Å². The van der Waals surface area contributed by atoms with Gasteiger partial charge in [-0.05, 0) is 24.6 Å². The first-order chi connectivity index (χ1) is 12.9. The van der Waals surface area contributed by atoms with Crippen molar-refractivity contribution in [3.05, 3.63) is 39.9 Å². The Labute approximate surface area is 154 Å². The molecule has 4 rings (SSSR count). The third kappa shape index (κ3) is 3.09. The maximum Gasteiger partial charge on any atom is 0.294 e. The molecule has 142 valence electrons. The zero-order chi connectivity index (χ0) is 19.2. The monoisotopic (exact) mass is 389 g/mol. The Hall–Kier alpha value is -2.75. The van der Waals surface area contributed by atoms with Crippen molar-refractivity contribution in [3.8, 4) is 0 Å². The topological polar surface area (TPSA) is 118 Å². The van der Waals surface area contributed by atoms with Gasteiger partial charge in [-0.3, -0.25) is 14.0 Å². The minimum Gasteiger partial charge on any atom is -0.337 e. The molecule has 1 amide bonds. The van der Waals surface area contributed by atoms with Crippen LogP contribution in [0.1, 0.15) is 29.5 Å². The van der Waals surface area contributed by atoms with Crippen molar-refractivity contribution in [3.63, 3.8) is 0 Å². The molecule has 0 radical (unpaired) electrons. The van der Waals surface area contributed by atoms with Crippen LogP contribution in [0.15, 0.2) is 23.0 Å². The number of aromatic amines is 1. The fourth-order valence-electron chi connectivity index (χ4n) is 3.34. The molecule has 1 fully saturated rings. The summed E-state index contributed by atoms with van der Waals surface area (Å²) >= 11 is 0. The van der Waals surface area contributed by atoms with Gasteiger partial charge in [0, 0.05) is 25.1 Å². The predicted octanol–water partition coefficient (Wildman–Crippen LogP) is 0.394. The van der Waals surface area contributed by atoms with Crippen LogP contribution in [0.25, 0.3) is 16.7 Å². The molecule has 1 saturated heterocycles. The minimum absolute atomic E-state index is 0.0230. The van der Waals surface area contributed by atoms with E-state index in [0.717, 1.165) is 11.9 Å². The van der Waals surface area contributed by atoms with E-state index in [4.69, 9.17) is 0 Å². The summed E-state index contributed by atoms with van der Waals surface area (Å²) in [5, 5.41) is 8.07. The number of fused-ring (bicyclic) bond motifs is 3. The Bertz CT molecular complexity index is 1200. The summed E-state index contributed by atoms with van der Waals surface area (Å²) < 4.78 is 24.8. The Morgan fingerprint density at radius 3 is 2.67 bits per heavy atom. The maximum atomic E-state index is 12.7. The summed E-state index contributed by atoms with van der Waals surface area (Å²) in [5.41, 5.74) is 1.50. The van der Waals surface area contributed by atoms with Crippen molar-refractivity contribution >= 4 is 32.4 Å².